The fourth-order valence-electron chi connectivity index (χ4n) is 1.87. The summed E-state index contributed by atoms with van der Waals surface area (Å²) in [5.41, 5.74) is 1.67. The Morgan fingerprint density at radius 3 is 2.42 bits per heavy atom. The lowest BCUT2D eigenvalue weighted by atomic mass is 9.86. The maximum Gasteiger partial charge on any atom is 0.310 e. The normalized spacial score (nSPS) is 11.3. The lowest BCUT2D eigenvalue weighted by Crippen LogP contribution is -2.14. The van der Waals surface area contributed by atoms with Crippen LogP contribution in [0.1, 0.15) is 38.8 Å². The molecule has 106 valence electrons. The minimum Gasteiger partial charge on any atom is -0.496 e. The van der Waals surface area contributed by atoms with Gasteiger partial charge in [-0.15, -0.1) is 0 Å². The summed E-state index contributed by atoms with van der Waals surface area (Å²) in [5.74, 6) is 0.391. The average molecular weight is 285 g/mol. The van der Waals surface area contributed by atoms with E-state index in [0.717, 1.165) is 11.1 Å². The first-order chi connectivity index (χ1) is 8.79. The van der Waals surface area contributed by atoms with Crippen molar-refractivity contribution in [2.24, 2.45) is 0 Å². The van der Waals surface area contributed by atoms with E-state index in [-0.39, 0.29) is 17.8 Å². The summed E-state index contributed by atoms with van der Waals surface area (Å²) in [5, 5.41) is 0.646. The molecule has 0 N–H and O–H groups in total. The van der Waals surface area contributed by atoms with Gasteiger partial charge in [-0.25, -0.2) is 0 Å². The van der Waals surface area contributed by atoms with Gasteiger partial charge < -0.3 is 9.47 Å². The smallest absolute Gasteiger partial charge is 0.310 e. The summed E-state index contributed by atoms with van der Waals surface area (Å²) in [6.45, 7) is 8.40. The first-order valence-corrected chi connectivity index (χ1v) is 6.70. The third kappa shape index (κ3) is 4.13. The Hall–Kier alpha value is -1.22. The van der Waals surface area contributed by atoms with Gasteiger partial charge in [0, 0.05) is 10.6 Å². The molecular formula is C15H21ClO3. The third-order valence-corrected chi connectivity index (χ3v) is 3.13. The Morgan fingerprint density at radius 1 is 1.32 bits per heavy atom. The quantitative estimate of drug-likeness (QED) is 0.790. The summed E-state index contributed by atoms with van der Waals surface area (Å²) in [6, 6.07) is 3.69. The second kappa shape index (κ2) is 6.29. The van der Waals surface area contributed by atoms with Gasteiger partial charge in [0.1, 0.15) is 5.75 Å². The summed E-state index contributed by atoms with van der Waals surface area (Å²) in [4.78, 5) is 11.6. The van der Waals surface area contributed by atoms with Crippen molar-refractivity contribution < 1.29 is 14.3 Å². The van der Waals surface area contributed by atoms with Crippen molar-refractivity contribution in [2.75, 3.05) is 13.7 Å². The molecule has 1 aromatic rings. The van der Waals surface area contributed by atoms with Crippen molar-refractivity contribution in [3.05, 3.63) is 28.3 Å². The number of methoxy groups -OCH3 is 1. The van der Waals surface area contributed by atoms with Crippen molar-refractivity contribution in [3.63, 3.8) is 0 Å². The zero-order chi connectivity index (χ0) is 14.6. The number of halogens is 1. The highest BCUT2D eigenvalue weighted by atomic mass is 35.5. The number of carbonyl (C=O) groups excluding carboxylic acids is 1. The van der Waals surface area contributed by atoms with E-state index in [4.69, 9.17) is 21.1 Å². The first-order valence-electron chi connectivity index (χ1n) is 6.32. The van der Waals surface area contributed by atoms with Gasteiger partial charge in [-0.05, 0) is 30.0 Å². The molecule has 0 saturated carbocycles. The topological polar surface area (TPSA) is 35.5 Å². The van der Waals surface area contributed by atoms with E-state index < -0.39 is 0 Å². The van der Waals surface area contributed by atoms with Crippen LogP contribution in [0.15, 0.2) is 12.1 Å². The Bertz CT molecular complexity index is 461. The van der Waals surface area contributed by atoms with Crippen LogP contribution in [-0.4, -0.2) is 19.7 Å². The molecular weight excluding hydrogens is 264 g/mol. The average Bonchev–Trinajstić information content (AvgIpc) is 2.27. The fraction of sp³-hybridized carbons (Fsp3) is 0.533. The predicted molar refractivity (Wildman–Crippen MR) is 77.0 cm³/mol. The lowest BCUT2D eigenvalue weighted by molar-refractivity contribution is -0.142. The molecule has 1 rings (SSSR count). The van der Waals surface area contributed by atoms with Gasteiger partial charge >= 0.3 is 5.97 Å². The largest absolute Gasteiger partial charge is 0.496 e. The van der Waals surface area contributed by atoms with Crippen LogP contribution in [-0.2, 0) is 21.4 Å². The van der Waals surface area contributed by atoms with Crippen molar-refractivity contribution in [3.8, 4) is 5.75 Å². The molecule has 4 heteroatoms. The van der Waals surface area contributed by atoms with Crippen molar-refractivity contribution in [1.29, 1.82) is 0 Å². The SMILES string of the molecule is CCOC(=O)Cc1cc(Cl)c(C(C)(C)C)cc1OC. The molecule has 0 aliphatic carbocycles. The van der Waals surface area contributed by atoms with E-state index in [2.05, 4.69) is 20.8 Å². The Labute approximate surface area is 119 Å². The van der Waals surface area contributed by atoms with Crippen molar-refractivity contribution in [2.45, 2.75) is 39.5 Å². The van der Waals surface area contributed by atoms with Crippen LogP contribution in [0.5, 0.6) is 5.75 Å². The Balaban J connectivity index is 3.14. The molecule has 0 aliphatic heterocycles. The molecule has 0 atom stereocenters. The second-order valence-corrected chi connectivity index (χ2v) is 5.78. The third-order valence-electron chi connectivity index (χ3n) is 2.82. The molecule has 1 aromatic carbocycles. The van der Waals surface area contributed by atoms with Crippen LogP contribution in [0, 0.1) is 0 Å². The fourth-order valence-corrected chi connectivity index (χ4v) is 2.33. The molecule has 0 aliphatic rings. The van der Waals surface area contributed by atoms with Crippen LogP contribution in [0.4, 0.5) is 0 Å². The number of ether oxygens (including phenoxy) is 2. The Kier molecular flexibility index (Phi) is 5.24. The number of benzene rings is 1. The van der Waals surface area contributed by atoms with Gasteiger partial charge in [0.25, 0.3) is 0 Å². The molecule has 0 heterocycles. The molecule has 0 spiro atoms. The number of hydrogen-bond donors (Lipinski definition) is 0. The minimum atomic E-state index is -0.277. The first kappa shape index (κ1) is 15.8. The van der Waals surface area contributed by atoms with E-state index in [1.807, 2.05) is 6.07 Å². The predicted octanol–water partition coefficient (Wildman–Crippen LogP) is 3.75. The zero-order valence-corrected chi connectivity index (χ0v) is 12.9. The number of carbonyl (C=O) groups is 1. The van der Waals surface area contributed by atoms with Gasteiger partial charge in [-0.1, -0.05) is 32.4 Å². The highest BCUT2D eigenvalue weighted by Crippen LogP contribution is 2.35. The lowest BCUT2D eigenvalue weighted by Gasteiger charge is -2.22. The Morgan fingerprint density at radius 2 is 1.95 bits per heavy atom. The molecule has 0 amide bonds. The van der Waals surface area contributed by atoms with E-state index in [9.17, 15) is 4.79 Å². The van der Waals surface area contributed by atoms with E-state index in [1.165, 1.54) is 0 Å². The number of esters is 1. The van der Waals surface area contributed by atoms with E-state index in [1.54, 1.807) is 20.1 Å². The minimum absolute atomic E-state index is 0.0766. The summed E-state index contributed by atoms with van der Waals surface area (Å²) in [6.07, 6.45) is 0.168. The van der Waals surface area contributed by atoms with Crippen LogP contribution >= 0.6 is 11.6 Å². The zero-order valence-electron chi connectivity index (χ0n) is 12.2. The van der Waals surface area contributed by atoms with Crippen LogP contribution in [0.25, 0.3) is 0 Å². The monoisotopic (exact) mass is 284 g/mol. The molecule has 0 fully saturated rings. The molecule has 0 radical (unpaired) electrons. The summed E-state index contributed by atoms with van der Waals surface area (Å²) >= 11 is 6.30. The van der Waals surface area contributed by atoms with Crippen molar-refractivity contribution >= 4 is 17.6 Å². The van der Waals surface area contributed by atoms with E-state index in [0.29, 0.717) is 17.4 Å². The van der Waals surface area contributed by atoms with Gasteiger partial charge in [0.2, 0.25) is 0 Å². The van der Waals surface area contributed by atoms with Crippen LogP contribution in [0.3, 0.4) is 0 Å². The van der Waals surface area contributed by atoms with E-state index >= 15 is 0 Å². The van der Waals surface area contributed by atoms with Gasteiger partial charge in [0.05, 0.1) is 20.1 Å². The maximum absolute atomic E-state index is 11.6. The maximum atomic E-state index is 11.6. The van der Waals surface area contributed by atoms with Gasteiger partial charge in [-0.2, -0.15) is 0 Å². The molecule has 0 aromatic heterocycles. The van der Waals surface area contributed by atoms with Gasteiger partial charge in [-0.3, -0.25) is 4.79 Å². The molecule has 0 saturated heterocycles. The summed E-state index contributed by atoms with van der Waals surface area (Å²) in [7, 11) is 1.59. The number of hydrogen-bond acceptors (Lipinski definition) is 3. The molecule has 3 nitrogen and oxygen atoms in total. The highest BCUT2D eigenvalue weighted by molar-refractivity contribution is 6.31. The van der Waals surface area contributed by atoms with Gasteiger partial charge in [0.15, 0.2) is 0 Å². The standard InChI is InChI=1S/C15H21ClO3/c1-6-19-14(17)8-10-7-12(16)11(15(2,3)4)9-13(10)18-5/h7,9H,6,8H2,1-5H3. The molecule has 0 bridgehead atoms. The molecule has 19 heavy (non-hydrogen) atoms. The second-order valence-electron chi connectivity index (χ2n) is 5.38. The highest BCUT2D eigenvalue weighted by Gasteiger charge is 2.21. The molecule has 0 unspecified atom stereocenters. The summed E-state index contributed by atoms with van der Waals surface area (Å²) < 4.78 is 10.3. The van der Waals surface area contributed by atoms with Crippen LogP contribution in [0.2, 0.25) is 5.02 Å². The van der Waals surface area contributed by atoms with Crippen LogP contribution < -0.4 is 4.74 Å². The van der Waals surface area contributed by atoms with Crippen molar-refractivity contribution in [1.82, 2.24) is 0 Å². The number of rotatable bonds is 4.